The van der Waals surface area contributed by atoms with E-state index in [1.54, 1.807) is 29.2 Å². The number of aromatic nitrogens is 2. The molecule has 0 bridgehead atoms. The molecule has 0 radical (unpaired) electrons. The first kappa shape index (κ1) is 22.3. The summed E-state index contributed by atoms with van der Waals surface area (Å²) in [6.07, 6.45) is -4.45. The average Bonchev–Trinajstić information content (AvgIpc) is 3.28. The van der Waals surface area contributed by atoms with Crippen molar-refractivity contribution in [1.82, 2.24) is 19.9 Å². The number of alkyl halides is 3. The van der Waals surface area contributed by atoms with Crippen LogP contribution in [0.15, 0.2) is 53.1 Å². The Balaban J connectivity index is 1.41. The fourth-order valence-electron chi connectivity index (χ4n) is 3.63. The number of hydrogen-bond acceptors (Lipinski definition) is 5. The first-order valence-corrected chi connectivity index (χ1v) is 10.4. The molecule has 1 fully saturated rings. The minimum Gasteiger partial charge on any atom is -0.337 e. The molecule has 4 rings (SSSR count). The van der Waals surface area contributed by atoms with Gasteiger partial charge in [0.1, 0.15) is 0 Å². The number of piperazine rings is 1. The minimum atomic E-state index is -4.45. The first-order valence-electron chi connectivity index (χ1n) is 10.0. The molecule has 32 heavy (non-hydrogen) atoms. The summed E-state index contributed by atoms with van der Waals surface area (Å²) in [7, 11) is 0. The van der Waals surface area contributed by atoms with Gasteiger partial charge in [-0.1, -0.05) is 41.0 Å². The maximum atomic E-state index is 13.0. The lowest BCUT2D eigenvalue weighted by molar-refractivity contribution is -0.137. The van der Waals surface area contributed by atoms with Crippen molar-refractivity contribution in [2.75, 3.05) is 26.2 Å². The van der Waals surface area contributed by atoms with Gasteiger partial charge in [0.25, 0.3) is 5.91 Å². The second kappa shape index (κ2) is 8.91. The van der Waals surface area contributed by atoms with Crippen LogP contribution in [0.5, 0.6) is 0 Å². The lowest BCUT2D eigenvalue weighted by Crippen LogP contribution is -2.49. The zero-order chi connectivity index (χ0) is 22.9. The second-order valence-electron chi connectivity index (χ2n) is 7.52. The molecule has 10 heteroatoms. The van der Waals surface area contributed by atoms with Crippen molar-refractivity contribution in [3.8, 4) is 11.4 Å². The van der Waals surface area contributed by atoms with Gasteiger partial charge in [-0.25, -0.2) is 0 Å². The van der Waals surface area contributed by atoms with Crippen LogP contribution < -0.4 is 0 Å². The zero-order valence-corrected chi connectivity index (χ0v) is 17.9. The summed E-state index contributed by atoms with van der Waals surface area (Å²) in [6.45, 7) is 4.05. The van der Waals surface area contributed by atoms with Crippen LogP contribution in [0.3, 0.4) is 0 Å². The molecule has 1 atom stereocenters. The normalized spacial score (nSPS) is 16.2. The van der Waals surface area contributed by atoms with Gasteiger partial charge in [-0.3, -0.25) is 9.69 Å². The van der Waals surface area contributed by atoms with Gasteiger partial charge < -0.3 is 9.42 Å². The summed E-state index contributed by atoms with van der Waals surface area (Å²) >= 11 is 6.14. The Hall–Kier alpha value is -2.91. The van der Waals surface area contributed by atoms with E-state index in [0.717, 1.165) is 12.1 Å². The Bertz CT molecular complexity index is 1110. The van der Waals surface area contributed by atoms with Gasteiger partial charge in [0.15, 0.2) is 0 Å². The summed E-state index contributed by atoms with van der Waals surface area (Å²) in [5.41, 5.74) is -0.0656. The number of rotatable bonds is 4. The van der Waals surface area contributed by atoms with Crippen LogP contribution in [-0.4, -0.2) is 52.0 Å². The number of hydrogen-bond donors (Lipinski definition) is 0. The molecule has 1 aliphatic rings. The van der Waals surface area contributed by atoms with Crippen molar-refractivity contribution < 1.29 is 22.5 Å². The van der Waals surface area contributed by atoms with Crippen molar-refractivity contribution in [2.45, 2.75) is 19.1 Å². The lowest BCUT2D eigenvalue weighted by Gasteiger charge is -2.36. The van der Waals surface area contributed by atoms with Crippen LogP contribution in [-0.2, 0) is 6.18 Å². The van der Waals surface area contributed by atoms with E-state index in [0.29, 0.717) is 42.7 Å². The van der Waals surface area contributed by atoms with E-state index in [-0.39, 0.29) is 23.3 Å². The molecule has 0 unspecified atom stereocenters. The van der Waals surface area contributed by atoms with E-state index in [1.165, 1.54) is 12.1 Å². The molecule has 2 heterocycles. The molecule has 1 aliphatic heterocycles. The standard InChI is InChI=1S/C22H20ClF3N4O2/c1-14(20-27-19(28-32-20)15-5-4-6-16(13-15)22(24,25)26)29-9-11-30(12-10-29)21(31)17-7-2-3-8-18(17)23/h2-8,13-14H,9-12H2,1H3/t14-/m1/s1. The third kappa shape index (κ3) is 4.63. The summed E-state index contributed by atoms with van der Waals surface area (Å²) < 4.78 is 44.3. The molecule has 0 N–H and O–H groups in total. The van der Waals surface area contributed by atoms with Crippen LogP contribution >= 0.6 is 11.6 Å². The predicted octanol–water partition coefficient (Wildman–Crippen LogP) is 4.93. The van der Waals surface area contributed by atoms with Gasteiger partial charge in [0.05, 0.1) is 22.2 Å². The fourth-order valence-corrected chi connectivity index (χ4v) is 3.85. The minimum absolute atomic E-state index is 0.102. The molecular formula is C22H20ClF3N4O2. The fraction of sp³-hybridized carbons (Fsp3) is 0.318. The largest absolute Gasteiger partial charge is 0.416 e. The number of carbonyl (C=O) groups is 1. The molecule has 1 saturated heterocycles. The number of nitrogens with zero attached hydrogens (tertiary/aromatic N) is 4. The van der Waals surface area contributed by atoms with Gasteiger partial charge in [-0.05, 0) is 31.2 Å². The quantitative estimate of drug-likeness (QED) is 0.548. The highest BCUT2D eigenvalue weighted by Gasteiger charge is 2.32. The summed E-state index contributed by atoms with van der Waals surface area (Å²) in [5.74, 6) is 0.293. The highest BCUT2D eigenvalue weighted by atomic mass is 35.5. The monoisotopic (exact) mass is 464 g/mol. The molecular weight excluding hydrogens is 445 g/mol. The smallest absolute Gasteiger partial charge is 0.337 e. The van der Waals surface area contributed by atoms with Crippen LogP contribution in [0.25, 0.3) is 11.4 Å². The van der Waals surface area contributed by atoms with Crippen LogP contribution in [0.1, 0.15) is 34.8 Å². The van der Waals surface area contributed by atoms with Gasteiger partial charge in [0, 0.05) is 31.7 Å². The van der Waals surface area contributed by atoms with Crippen molar-refractivity contribution >= 4 is 17.5 Å². The van der Waals surface area contributed by atoms with Gasteiger partial charge in [0.2, 0.25) is 11.7 Å². The molecule has 0 saturated carbocycles. The second-order valence-corrected chi connectivity index (χ2v) is 7.93. The summed E-state index contributed by atoms with van der Waals surface area (Å²) in [5, 5.41) is 4.28. The van der Waals surface area contributed by atoms with E-state index in [9.17, 15) is 18.0 Å². The average molecular weight is 465 g/mol. The van der Waals surface area contributed by atoms with E-state index in [1.807, 2.05) is 6.92 Å². The molecule has 2 aromatic carbocycles. The molecule has 6 nitrogen and oxygen atoms in total. The molecule has 0 spiro atoms. The summed E-state index contributed by atoms with van der Waals surface area (Å²) in [6, 6.07) is 11.5. The Morgan fingerprint density at radius 3 is 2.50 bits per heavy atom. The van der Waals surface area contributed by atoms with Crippen LogP contribution in [0.4, 0.5) is 13.2 Å². The Morgan fingerprint density at radius 2 is 1.81 bits per heavy atom. The maximum absolute atomic E-state index is 13.0. The van der Waals surface area contributed by atoms with E-state index >= 15 is 0 Å². The Labute approximate surface area is 187 Å². The number of amides is 1. The third-order valence-corrected chi connectivity index (χ3v) is 5.83. The number of benzene rings is 2. The Kier molecular flexibility index (Phi) is 6.21. The predicted molar refractivity (Wildman–Crippen MR) is 112 cm³/mol. The maximum Gasteiger partial charge on any atom is 0.416 e. The van der Waals surface area contributed by atoms with Crippen LogP contribution in [0.2, 0.25) is 5.02 Å². The topological polar surface area (TPSA) is 62.5 Å². The SMILES string of the molecule is C[C@H](c1nc(-c2cccc(C(F)(F)F)c2)no1)N1CCN(C(=O)c2ccccc2Cl)CC1. The van der Waals surface area contributed by atoms with E-state index in [2.05, 4.69) is 15.0 Å². The van der Waals surface area contributed by atoms with Crippen LogP contribution in [0, 0.1) is 0 Å². The Morgan fingerprint density at radius 1 is 1.09 bits per heavy atom. The molecule has 3 aromatic rings. The van der Waals surface area contributed by atoms with E-state index < -0.39 is 11.7 Å². The van der Waals surface area contributed by atoms with Crippen molar-refractivity contribution in [1.29, 1.82) is 0 Å². The van der Waals surface area contributed by atoms with Crippen molar-refractivity contribution in [2.24, 2.45) is 0 Å². The highest BCUT2D eigenvalue weighted by Crippen LogP contribution is 2.32. The molecule has 168 valence electrons. The molecule has 1 amide bonds. The van der Waals surface area contributed by atoms with Crippen molar-refractivity contribution in [3.05, 3.63) is 70.6 Å². The zero-order valence-electron chi connectivity index (χ0n) is 17.1. The van der Waals surface area contributed by atoms with E-state index in [4.69, 9.17) is 16.1 Å². The summed E-state index contributed by atoms with van der Waals surface area (Å²) in [4.78, 5) is 20.9. The van der Waals surface area contributed by atoms with Gasteiger partial charge >= 0.3 is 6.18 Å². The number of halogens is 4. The van der Waals surface area contributed by atoms with Crippen molar-refractivity contribution in [3.63, 3.8) is 0 Å². The van der Waals surface area contributed by atoms with Gasteiger partial charge in [-0.2, -0.15) is 18.2 Å². The molecule has 1 aromatic heterocycles. The lowest BCUT2D eigenvalue weighted by atomic mass is 10.1. The van der Waals surface area contributed by atoms with Gasteiger partial charge in [-0.15, -0.1) is 0 Å². The highest BCUT2D eigenvalue weighted by molar-refractivity contribution is 6.33. The molecule has 0 aliphatic carbocycles. The third-order valence-electron chi connectivity index (χ3n) is 5.50. The first-order chi connectivity index (χ1) is 15.2. The number of carbonyl (C=O) groups excluding carboxylic acids is 1.